The third-order valence-corrected chi connectivity index (χ3v) is 2.57. The lowest BCUT2D eigenvalue weighted by Crippen LogP contribution is -2.17. The molecule has 0 radical (unpaired) electrons. The van der Waals surface area contributed by atoms with Crippen LogP contribution in [-0.4, -0.2) is 20.6 Å². The fraction of sp³-hybridized carbons (Fsp3) is 0.556. The summed E-state index contributed by atoms with van der Waals surface area (Å²) in [4.78, 5) is 14.9. The Hall–Kier alpha value is -1.03. The highest BCUT2D eigenvalue weighted by Gasteiger charge is 2.22. The van der Waals surface area contributed by atoms with Crippen molar-refractivity contribution in [2.45, 2.75) is 32.2 Å². The number of aromatic carboxylic acids is 1. The lowest BCUT2D eigenvalue weighted by Gasteiger charge is -2.20. The Bertz CT molecular complexity index is 349. The van der Waals surface area contributed by atoms with Gasteiger partial charge in [-0.25, -0.2) is 9.78 Å². The molecule has 0 aromatic carbocycles. The summed E-state index contributed by atoms with van der Waals surface area (Å²) >= 11 is 0. The Morgan fingerprint density at radius 2 is 2.43 bits per heavy atom. The molecule has 14 heavy (non-hydrogen) atoms. The number of carboxylic acids is 1. The Morgan fingerprint density at radius 1 is 1.71 bits per heavy atom. The van der Waals surface area contributed by atoms with Gasteiger partial charge in [-0.05, 0) is 12.8 Å². The van der Waals surface area contributed by atoms with Crippen LogP contribution < -0.4 is 0 Å². The second-order valence-corrected chi connectivity index (χ2v) is 3.50. The smallest absolute Gasteiger partial charge is 0.354 e. The zero-order chi connectivity index (χ0) is 9.42. The number of aromatic nitrogens is 2. The van der Waals surface area contributed by atoms with Gasteiger partial charge >= 0.3 is 5.97 Å². The standard InChI is InChI=1S/C9H12N2O2.ClH/c1-6-3-2-4-11-7(9(12)13)5-10-8(6)11;/h5-6H,2-4H2,1H3,(H,12,13);1H. The Morgan fingerprint density at radius 3 is 3.07 bits per heavy atom. The van der Waals surface area contributed by atoms with Crippen molar-refractivity contribution in [1.29, 1.82) is 0 Å². The number of imidazole rings is 1. The summed E-state index contributed by atoms with van der Waals surface area (Å²) in [7, 11) is 0. The number of hydrogen-bond acceptors (Lipinski definition) is 2. The van der Waals surface area contributed by atoms with Crippen molar-refractivity contribution in [1.82, 2.24) is 9.55 Å². The van der Waals surface area contributed by atoms with E-state index in [1.165, 1.54) is 6.20 Å². The molecule has 2 rings (SSSR count). The SMILES string of the molecule is CC1CCCn2c(C(=O)O)cnc21.Cl. The molecule has 1 N–H and O–H groups in total. The van der Waals surface area contributed by atoms with E-state index in [1.54, 1.807) is 0 Å². The first kappa shape index (κ1) is 11.0. The third-order valence-electron chi connectivity index (χ3n) is 2.57. The number of nitrogens with zero attached hydrogens (tertiary/aromatic N) is 2. The molecule has 4 nitrogen and oxygen atoms in total. The molecular formula is C9H13ClN2O2. The van der Waals surface area contributed by atoms with Gasteiger partial charge in [0, 0.05) is 12.5 Å². The highest BCUT2D eigenvalue weighted by molar-refractivity contribution is 5.85. The maximum absolute atomic E-state index is 10.8. The predicted molar refractivity (Wildman–Crippen MR) is 54.1 cm³/mol. The van der Waals surface area contributed by atoms with E-state index >= 15 is 0 Å². The molecule has 1 unspecified atom stereocenters. The maximum atomic E-state index is 10.8. The molecule has 1 aliphatic rings. The number of hydrogen-bond donors (Lipinski definition) is 1. The number of fused-ring (bicyclic) bond motifs is 1. The van der Waals surface area contributed by atoms with Crippen molar-refractivity contribution < 1.29 is 9.90 Å². The van der Waals surface area contributed by atoms with Crippen molar-refractivity contribution in [3.8, 4) is 0 Å². The molecular weight excluding hydrogens is 204 g/mol. The van der Waals surface area contributed by atoms with Crippen LogP contribution in [0.2, 0.25) is 0 Å². The average Bonchev–Trinajstić information content (AvgIpc) is 2.48. The van der Waals surface area contributed by atoms with Gasteiger partial charge in [-0.3, -0.25) is 0 Å². The van der Waals surface area contributed by atoms with Gasteiger partial charge in [-0.15, -0.1) is 12.4 Å². The Kier molecular flexibility index (Phi) is 3.16. The molecule has 1 aromatic heterocycles. The normalized spacial score (nSPS) is 19.6. The van der Waals surface area contributed by atoms with Crippen LogP contribution in [0.4, 0.5) is 0 Å². The molecule has 0 saturated carbocycles. The number of rotatable bonds is 1. The highest BCUT2D eigenvalue weighted by Crippen LogP contribution is 2.26. The highest BCUT2D eigenvalue weighted by atomic mass is 35.5. The second-order valence-electron chi connectivity index (χ2n) is 3.50. The monoisotopic (exact) mass is 216 g/mol. The van der Waals surface area contributed by atoms with E-state index in [0.29, 0.717) is 11.6 Å². The summed E-state index contributed by atoms with van der Waals surface area (Å²) < 4.78 is 1.82. The fourth-order valence-corrected chi connectivity index (χ4v) is 1.87. The molecule has 1 aromatic rings. The maximum Gasteiger partial charge on any atom is 0.354 e. The number of carboxylic acid groups (broad SMARTS) is 1. The summed E-state index contributed by atoms with van der Waals surface area (Å²) in [6, 6.07) is 0. The number of carbonyl (C=O) groups is 1. The van der Waals surface area contributed by atoms with Crippen LogP contribution in [0, 0.1) is 0 Å². The minimum Gasteiger partial charge on any atom is -0.477 e. The van der Waals surface area contributed by atoms with Crippen molar-refractivity contribution >= 4 is 18.4 Å². The van der Waals surface area contributed by atoms with Crippen LogP contribution in [0.1, 0.15) is 42.0 Å². The minimum absolute atomic E-state index is 0. The van der Waals surface area contributed by atoms with Gasteiger partial charge in [0.2, 0.25) is 0 Å². The summed E-state index contributed by atoms with van der Waals surface area (Å²) in [5.41, 5.74) is 0.321. The quantitative estimate of drug-likeness (QED) is 0.780. The van der Waals surface area contributed by atoms with E-state index in [-0.39, 0.29) is 12.4 Å². The molecule has 0 spiro atoms. The van der Waals surface area contributed by atoms with E-state index < -0.39 is 5.97 Å². The van der Waals surface area contributed by atoms with Crippen LogP contribution in [0.15, 0.2) is 6.20 Å². The average molecular weight is 217 g/mol. The van der Waals surface area contributed by atoms with Crippen LogP contribution >= 0.6 is 12.4 Å². The Labute approximate surface area is 88.4 Å². The van der Waals surface area contributed by atoms with E-state index in [2.05, 4.69) is 11.9 Å². The fourth-order valence-electron chi connectivity index (χ4n) is 1.87. The molecule has 1 atom stereocenters. The van der Waals surface area contributed by atoms with E-state index in [1.807, 2.05) is 4.57 Å². The number of halogens is 1. The van der Waals surface area contributed by atoms with Gasteiger partial charge in [-0.1, -0.05) is 6.92 Å². The summed E-state index contributed by atoms with van der Waals surface area (Å²) in [5, 5.41) is 8.86. The minimum atomic E-state index is -0.882. The first-order valence-electron chi connectivity index (χ1n) is 4.49. The van der Waals surface area contributed by atoms with Crippen molar-refractivity contribution in [3.05, 3.63) is 17.7 Å². The molecule has 5 heteroatoms. The lowest BCUT2D eigenvalue weighted by molar-refractivity contribution is 0.0683. The van der Waals surface area contributed by atoms with Crippen molar-refractivity contribution in [2.24, 2.45) is 0 Å². The second kappa shape index (κ2) is 4.00. The predicted octanol–water partition coefficient (Wildman–Crippen LogP) is 1.90. The zero-order valence-electron chi connectivity index (χ0n) is 7.93. The first-order valence-corrected chi connectivity index (χ1v) is 4.49. The molecule has 0 amide bonds. The molecule has 0 bridgehead atoms. The van der Waals surface area contributed by atoms with Gasteiger partial charge in [0.15, 0.2) is 0 Å². The van der Waals surface area contributed by atoms with E-state index in [9.17, 15) is 4.79 Å². The largest absolute Gasteiger partial charge is 0.477 e. The van der Waals surface area contributed by atoms with Gasteiger partial charge < -0.3 is 9.67 Å². The van der Waals surface area contributed by atoms with Gasteiger partial charge in [-0.2, -0.15) is 0 Å². The van der Waals surface area contributed by atoms with Crippen LogP contribution in [-0.2, 0) is 6.54 Å². The van der Waals surface area contributed by atoms with Crippen molar-refractivity contribution in [3.63, 3.8) is 0 Å². The summed E-state index contributed by atoms with van der Waals surface area (Å²) in [5.74, 6) is 0.429. The van der Waals surface area contributed by atoms with Crippen LogP contribution in [0.5, 0.6) is 0 Å². The van der Waals surface area contributed by atoms with Gasteiger partial charge in [0.1, 0.15) is 11.5 Å². The first-order chi connectivity index (χ1) is 6.20. The van der Waals surface area contributed by atoms with E-state index in [4.69, 9.17) is 5.11 Å². The molecule has 1 aliphatic heterocycles. The van der Waals surface area contributed by atoms with Crippen molar-refractivity contribution in [2.75, 3.05) is 0 Å². The Balaban J connectivity index is 0.000000980. The molecule has 0 fully saturated rings. The summed E-state index contributed by atoms with van der Waals surface area (Å²) in [6.07, 6.45) is 3.61. The third kappa shape index (κ3) is 1.62. The van der Waals surface area contributed by atoms with Crippen LogP contribution in [0.3, 0.4) is 0 Å². The molecule has 0 aliphatic carbocycles. The zero-order valence-corrected chi connectivity index (χ0v) is 8.75. The molecule has 78 valence electrons. The lowest BCUT2D eigenvalue weighted by atomic mass is 10.0. The van der Waals surface area contributed by atoms with E-state index in [0.717, 1.165) is 25.2 Å². The molecule has 0 saturated heterocycles. The van der Waals surface area contributed by atoms with Crippen LogP contribution in [0.25, 0.3) is 0 Å². The topological polar surface area (TPSA) is 55.1 Å². The van der Waals surface area contributed by atoms with Gasteiger partial charge in [0.05, 0.1) is 6.20 Å². The van der Waals surface area contributed by atoms with Gasteiger partial charge in [0.25, 0.3) is 0 Å². The molecule has 2 heterocycles. The summed E-state index contributed by atoms with van der Waals surface area (Å²) in [6.45, 7) is 2.88.